The van der Waals surface area contributed by atoms with Gasteiger partial charge in [-0.15, -0.1) is 0 Å². The number of benzene rings is 1. The van der Waals surface area contributed by atoms with Crippen molar-refractivity contribution < 1.29 is 23.1 Å². The number of aromatic carboxylic acids is 1. The number of sulfonamides is 1. The minimum Gasteiger partial charge on any atom is -0.478 e. The van der Waals surface area contributed by atoms with Crippen molar-refractivity contribution in [3.63, 3.8) is 0 Å². The van der Waals surface area contributed by atoms with Crippen molar-refractivity contribution in [2.45, 2.75) is 30.7 Å². The van der Waals surface area contributed by atoms with E-state index in [0.29, 0.717) is 5.69 Å². The molecule has 0 spiro atoms. The van der Waals surface area contributed by atoms with Crippen molar-refractivity contribution in [2.75, 3.05) is 31.7 Å². The molecule has 1 aromatic rings. The summed E-state index contributed by atoms with van der Waals surface area (Å²) in [5, 5.41) is 9.15. The van der Waals surface area contributed by atoms with Crippen LogP contribution in [0, 0.1) is 0 Å². The average molecular weight is 342 g/mol. The normalized spacial score (nSPS) is 16.5. The van der Waals surface area contributed by atoms with Crippen LogP contribution in [0.5, 0.6) is 0 Å². The first-order valence-electron chi connectivity index (χ1n) is 7.48. The van der Waals surface area contributed by atoms with Crippen molar-refractivity contribution in [3.8, 4) is 0 Å². The minimum atomic E-state index is -3.84. The molecule has 0 unspecified atom stereocenters. The van der Waals surface area contributed by atoms with Crippen LogP contribution >= 0.6 is 0 Å². The van der Waals surface area contributed by atoms with E-state index < -0.39 is 22.0 Å². The van der Waals surface area contributed by atoms with Gasteiger partial charge < -0.3 is 14.7 Å². The summed E-state index contributed by atoms with van der Waals surface area (Å²) in [4.78, 5) is 13.2. The number of nitrogens with one attached hydrogen (secondary N) is 1. The molecule has 0 amide bonds. The van der Waals surface area contributed by atoms with E-state index in [1.807, 2.05) is 4.90 Å². The molecule has 0 bridgehead atoms. The second-order valence-electron chi connectivity index (χ2n) is 5.66. The molecule has 0 saturated carbocycles. The van der Waals surface area contributed by atoms with Crippen LogP contribution in [0.3, 0.4) is 0 Å². The topological polar surface area (TPSA) is 95.9 Å². The first-order chi connectivity index (χ1) is 10.8. The van der Waals surface area contributed by atoms with E-state index in [0.717, 1.165) is 25.9 Å². The molecule has 0 aromatic heterocycles. The number of hydrogen-bond acceptors (Lipinski definition) is 5. The number of carbonyl (C=O) groups is 1. The van der Waals surface area contributed by atoms with Gasteiger partial charge in [-0.25, -0.2) is 17.9 Å². The molecule has 1 fully saturated rings. The second kappa shape index (κ2) is 7.29. The number of rotatable bonds is 7. The summed E-state index contributed by atoms with van der Waals surface area (Å²) in [5.74, 6) is -1.15. The van der Waals surface area contributed by atoms with Crippen LogP contribution in [0.1, 0.15) is 30.1 Å². The number of ether oxygens (including phenoxy) is 1. The fraction of sp³-hybridized carbons (Fsp3) is 0.533. The van der Waals surface area contributed by atoms with Crippen LogP contribution in [0.4, 0.5) is 5.69 Å². The Bertz CT molecular complexity index is 668. The molecular weight excluding hydrogens is 320 g/mol. The zero-order valence-electron chi connectivity index (χ0n) is 13.3. The Morgan fingerprint density at radius 1 is 1.39 bits per heavy atom. The third kappa shape index (κ3) is 4.21. The lowest BCUT2D eigenvalue weighted by atomic mass is 10.2. The Balaban J connectivity index is 2.43. The highest BCUT2D eigenvalue weighted by atomic mass is 32.2. The SMILES string of the molecule is COC[C@H](C)NS(=O)(=O)c1cc(C(=O)O)ccc1N1CCCC1. The largest absolute Gasteiger partial charge is 0.478 e. The van der Waals surface area contributed by atoms with Gasteiger partial charge in [0, 0.05) is 26.2 Å². The molecule has 128 valence electrons. The van der Waals surface area contributed by atoms with Crippen LogP contribution < -0.4 is 9.62 Å². The quantitative estimate of drug-likeness (QED) is 0.775. The van der Waals surface area contributed by atoms with Gasteiger partial charge in [0.2, 0.25) is 10.0 Å². The summed E-state index contributed by atoms with van der Waals surface area (Å²) in [6.07, 6.45) is 1.99. The van der Waals surface area contributed by atoms with Crippen molar-refractivity contribution >= 4 is 21.7 Å². The number of carboxylic acid groups (broad SMARTS) is 1. The molecule has 1 atom stereocenters. The van der Waals surface area contributed by atoms with Gasteiger partial charge in [0.05, 0.1) is 17.9 Å². The zero-order valence-corrected chi connectivity index (χ0v) is 14.1. The first kappa shape index (κ1) is 17.7. The molecule has 2 rings (SSSR count). The number of methoxy groups -OCH3 is 1. The monoisotopic (exact) mass is 342 g/mol. The fourth-order valence-corrected chi connectivity index (χ4v) is 4.17. The van der Waals surface area contributed by atoms with E-state index in [1.54, 1.807) is 13.0 Å². The second-order valence-corrected chi connectivity index (χ2v) is 7.34. The van der Waals surface area contributed by atoms with Gasteiger partial charge in [0.15, 0.2) is 0 Å². The fourth-order valence-electron chi connectivity index (χ4n) is 2.69. The van der Waals surface area contributed by atoms with Crippen LogP contribution in [-0.2, 0) is 14.8 Å². The molecule has 2 N–H and O–H groups in total. The van der Waals surface area contributed by atoms with Gasteiger partial charge >= 0.3 is 5.97 Å². The van der Waals surface area contributed by atoms with E-state index in [4.69, 9.17) is 9.84 Å². The Morgan fingerprint density at radius 3 is 2.61 bits per heavy atom. The number of anilines is 1. The Hall–Kier alpha value is -1.64. The molecule has 23 heavy (non-hydrogen) atoms. The van der Waals surface area contributed by atoms with E-state index in [-0.39, 0.29) is 17.1 Å². The summed E-state index contributed by atoms with van der Waals surface area (Å²) in [6, 6.07) is 3.82. The lowest BCUT2D eigenvalue weighted by Crippen LogP contribution is -2.36. The van der Waals surface area contributed by atoms with Crippen molar-refractivity contribution in [2.24, 2.45) is 0 Å². The summed E-state index contributed by atoms with van der Waals surface area (Å²) in [6.45, 7) is 3.46. The van der Waals surface area contributed by atoms with Gasteiger partial charge in [-0.05, 0) is 38.0 Å². The Morgan fingerprint density at radius 2 is 2.04 bits per heavy atom. The first-order valence-corrected chi connectivity index (χ1v) is 8.97. The third-order valence-electron chi connectivity index (χ3n) is 3.72. The summed E-state index contributed by atoms with van der Waals surface area (Å²) in [7, 11) is -2.35. The van der Waals surface area contributed by atoms with E-state index >= 15 is 0 Å². The molecule has 0 aliphatic carbocycles. The highest BCUT2D eigenvalue weighted by Crippen LogP contribution is 2.29. The maximum Gasteiger partial charge on any atom is 0.335 e. The number of carboxylic acids is 1. The standard InChI is InChI=1S/C15H22N2O5S/c1-11(10-22-2)16-23(20,21)14-9-12(15(18)19)5-6-13(14)17-7-3-4-8-17/h5-6,9,11,16H,3-4,7-8,10H2,1-2H3,(H,18,19)/t11-/m0/s1. The molecule has 1 aromatic carbocycles. The maximum atomic E-state index is 12.7. The van der Waals surface area contributed by atoms with Crippen molar-refractivity contribution in [1.29, 1.82) is 0 Å². The maximum absolute atomic E-state index is 12.7. The van der Waals surface area contributed by atoms with Crippen LogP contribution in [-0.4, -0.2) is 52.3 Å². The molecule has 8 heteroatoms. The predicted molar refractivity (Wildman–Crippen MR) is 86.5 cm³/mol. The van der Waals surface area contributed by atoms with Gasteiger partial charge in [-0.1, -0.05) is 0 Å². The molecule has 7 nitrogen and oxygen atoms in total. The third-order valence-corrected chi connectivity index (χ3v) is 5.33. The van der Waals surface area contributed by atoms with Crippen molar-refractivity contribution in [3.05, 3.63) is 23.8 Å². The smallest absolute Gasteiger partial charge is 0.335 e. The van der Waals surface area contributed by atoms with E-state index in [1.165, 1.54) is 19.2 Å². The Kier molecular flexibility index (Phi) is 5.61. The highest BCUT2D eigenvalue weighted by Gasteiger charge is 2.26. The lowest BCUT2D eigenvalue weighted by molar-refractivity contribution is 0.0696. The molecule has 1 heterocycles. The molecule has 0 radical (unpaired) electrons. The molecule has 1 aliphatic rings. The Labute approximate surface area is 136 Å². The van der Waals surface area contributed by atoms with Gasteiger partial charge in [0.1, 0.15) is 4.90 Å². The highest BCUT2D eigenvalue weighted by molar-refractivity contribution is 7.89. The average Bonchev–Trinajstić information content (AvgIpc) is 3.00. The van der Waals surface area contributed by atoms with Crippen LogP contribution in [0.2, 0.25) is 0 Å². The number of hydrogen-bond donors (Lipinski definition) is 2. The van der Waals surface area contributed by atoms with Gasteiger partial charge in [-0.2, -0.15) is 0 Å². The molecular formula is C15H22N2O5S. The van der Waals surface area contributed by atoms with Crippen molar-refractivity contribution in [1.82, 2.24) is 4.72 Å². The van der Waals surface area contributed by atoms with E-state index in [2.05, 4.69) is 4.72 Å². The van der Waals surface area contributed by atoms with Gasteiger partial charge in [-0.3, -0.25) is 0 Å². The summed E-state index contributed by atoms with van der Waals surface area (Å²) >= 11 is 0. The van der Waals surface area contributed by atoms with Crippen LogP contribution in [0.25, 0.3) is 0 Å². The zero-order chi connectivity index (χ0) is 17.0. The van der Waals surface area contributed by atoms with Gasteiger partial charge in [0.25, 0.3) is 0 Å². The van der Waals surface area contributed by atoms with E-state index in [9.17, 15) is 13.2 Å². The van der Waals surface area contributed by atoms with Crippen LogP contribution in [0.15, 0.2) is 23.1 Å². The molecule has 1 aliphatic heterocycles. The minimum absolute atomic E-state index is 0.00209. The molecule has 1 saturated heterocycles. The number of nitrogens with zero attached hydrogens (tertiary/aromatic N) is 1. The summed E-state index contributed by atoms with van der Waals surface area (Å²) < 4.78 is 32.8. The summed E-state index contributed by atoms with van der Waals surface area (Å²) in [5.41, 5.74) is 0.498. The lowest BCUT2D eigenvalue weighted by Gasteiger charge is -2.23. The predicted octanol–water partition coefficient (Wildman–Crippen LogP) is 1.30.